The van der Waals surface area contributed by atoms with Crippen LogP contribution < -0.4 is 10.1 Å². The zero-order valence-corrected chi connectivity index (χ0v) is 13.7. The molecular weight excluding hydrogens is 274 g/mol. The smallest absolute Gasteiger partial charge is 0.226 e. The van der Waals surface area contributed by atoms with Gasteiger partial charge in [-0.1, -0.05) is 31.6 Å². The van der Waals surface area contributed by atoms with E-state index in [1.54, 1.807) is 7.11 Å². The summed E-state index contributed by atoms with van der Waals surface area (Å²) in [5.74, 6) is 1.48. The number of hydrogen-bond acceptors (Lipinski definition) is 2. The zero-order valence-electron chi connectivity index (χ0n) is 13.7. The van der Waals surface area contributed by atoms with Crippen molar-refractivity contribution in [2.75, 3.05) is 13.7 Å². The molecule has 3 heteroatoms. The first kappa shape index (κ1) is 15.1. The van der Waals surface area contributed by atoms with Crippen LogP contribution in [-0.4, -0.2) is 19.6 Å². The molecule has 1 N–H and O–H groups in total. The van der Waals surface area contributed by atoms with Crippen molar-refractivity contribution in [2.45, 2.75) is 39.5 Å². The highest BCUT2D eigenvalue weighted by Crippen LogP contribution is 2.51. The molecule has 1 aromatic rings. The summed E-state index contributed by atoms with van der Waals surface area (Å²) in [6, 6.07) is 8.33. The number of nitrogens with one attached hydrogen (secondary N) is 1. The van der Waals surface area contributed by atoms with Gasteiger partial charge in [-0.2, -0.15) is 0 Å². The Hall–Kier alpha value is -1.77. The van der Waals surface area contributed by atoms with Gasteiger partial charge < -0.3 is 10.1 Å². The zero-order chi connectivity index (χ0) is 15.7. The van der Waals surface area contributed by atoms with Crippen LogP contribution in [0.15, 0.2) is 29.8 Å². The van der Waals surface area contributed by atoms with E-state index < -0.39 is 0 Å². The lowest BCUT2D eigenvalue weighted by molar-refractivity contribution is -0.130. The molecule has 0 bridgehead atoms. The van der Waals surface area contributed by atoms with E-state index in [1.165, 1.54) is 16.7 Å². The molecule has 22 heavy (non-hydrogen) atoms. The van der Waals surface area contributed by atoms with Gasteiger partial charge in [-0.05, 0) is 54.9 Å². The molecule has 1 fully saturated rings. The summed E-state index contributed by atoms with van der Waals surface area (Å²) >= 11 is 0. The van der Waals surface area contributed by atoms with Gasteiger partial charge in [-0.25, -0.2) is 0 Å². The first-order chi connectivity index (χ1) is 10.6. The second-order valence-electron chi connectivity index (χ2n) is 6.47. The van der Waals surface area contributed by atoms with Crippen LogP contribution in [-0.2, 0) is 4.79 Å². The predicted molar refractivity (Wildman–Crippen MR) is 88.7 cm³/mol. The Labute approximate surface area is 132 Å². The van der Waals surface area contributed by atoms with Crippen molar-refractivity contribution >= 4 is 11.5 Å². The molecular formula is C19H25NO2. The largest absolute Gasteiger partial charge is 0.497 e. The van der Waals surface area contributed by atoms with Gasteiger partial charge in [-0.3, -0.25) is 4.79 Å². The van der Waals surface area contributed by atoms with E-state index in [4.69, 9.17) is 4.74 Å². The predicted octanol–water partition coefficient (Wildman–Crippen LogP) is 3.80. The number of hydrogen-bond donors (Lipinski definition) is 1. The highest BCUT2D eigenvalue weighted by molar-refractivity contribution is 5.87. The molecule has 0 radical (unpaired) electrons. The highest BCUT2D eigenvalue weighted by atomic mass is 16.5. The van der Waals surface area contributed by atoms with Crippen LogP contribution in [0.4, 0.5) is 0 Å². The van der Waals surface area contributed by atoms with Crippen LogP contribution in [0, 0.1) is 11.3 Å². The number of carbonyl (C=O) groups excluding carboxylic acids is 1. The molecule has 1 amide bonds. The number of benzene rings is 1. The summed E-state index contributed by atoms with van der Waals surface area (Å²) in [7, 11) is 1.69. The van der Waals surface area contributed by atoms with Crippen molar-refractivity contribution in [1.29, 1.82) is 0 Å². The average Bonchev–Trinajstić information content (AvgIpc) is 2.92. The number of ether oxygens (including phenoxy) is 1. The number of carbonyl (C=O) groups is 1. The molecule has 0 saturated carbocycles. The van der Waals surface area contributed by atoms with Gasteiger partial charge in [0.1, 0.15) is 5.75 Å². The molecule has 1 aliphatic heterocycles. The Morgan fingerprint density at radius 3 is 2.55 bits per heavy atom. The van der Waals surface area contributed by atoms with E-state index >= 15 is 0 Å². The van der Waals surface area contributed by atoms with E-state index in [2.05, 4.69) is 31.3 Å². The van der Waals surface area contributed by atoms with E-state index in [0.29, 0.717) is 5.92 Å². The first-order valence-corrected chi connectivity index (χ1v) is 8.27. The quantitative estimate of drug-likeness (QED) is 0.922. The fourth-order valence-corrected chi connectivity index (χ4v) is 4.30. The molecule has 0 aromatic heterocycles. The van der Waals surface area contributed by atoms with Crippen LogP contribution in [0.5, 0.6) is 5.75 Å². The van der Waals surface area contributed by atoms with Crippen LogP contribution in [0.2, 0.25) is 0 Å². The fraction of sp³-hybridized carbons (Fsp3) is 0.526. The first-order valence-electron chi connectivity index (χ1n) is 8.27. The molecule has 1 heterocycles. The van der Waals surface area contributed by atoms with E-state index in [9.17, 15) is 4.79 Å². The van der Waals surface area contributed by atoms with Crippen molar-refractivity contribution in [1.82, 2.24) is 5.32 Å². The minimum Gasteiger partial charge on any atom is -0.497 e. The highest BCUT2D eigenvalue weighted by Gasteiger charge is 2.49. The molecule has 1 aliphatic carbocycles. The minimum atomic E-state index is -0.165. The van der Waals surface area contributed by atoms with Crippen LogP contribution in [0.1, 0.15) is 45.1 Å². The number of methoxy groups -OCH3 is 1. The van der Waals surface area contributed by atoms with Gasteiger partial charge in [0.25, 0.3) is 0 Å². The Morgan fingerprint density at radius 1 is 1.27 bits per heavy atom. The Bertz CT molecular complexity index is 602. The number of allylic oxidation sites excluding steroid dienone is 2. The SMILES string of the molecule is CCC1=C(c2ccc(OC)cc2)CC[C@]2(CCNC2=O)[C@@H]1C. The maximum atomic E-state index is 12.4. The standard InChI is InChI=1S/C19H25NO2/c1-4-16-13(2)19(11-12-20-18(19)21)10-9-17(16)14-5-7-15(22-3)8-6-14/h5-8,13H,4,9-12H2,1-3H3,(H,20,21)/t13-,19+/m1/s1. The molecule has 2 aliphatic rings. The lowest BCUT2D eigenvalue weighted by Gasteiger charge is -2.40. The molecule has 2 atom stereocenters. The maximum absolute atomic E-state index is 12.4. The van der Waals surface area contributed by atoms with Gasteiger partial charge in [0.2, 0.25) is 5.91 Å². The van der Waals surface area contributed by atoms with E-state index in [0.717, 1.165) is 38.0 Å². The molecule has 1 saturated heterocycles. The van der Waals surface area contributed by atoms with Crippen LogP contribution in [0.25, 0.3) is 5.57 Å². The van der Waals surface area contributed by atoms with Crippen molar-refractivity contribution in [2.24, 2.45) is 11.3 Å². The summed E-state index contributed by atoms with van der Waals surface area (Å²) in [5.41, 5.74) is 4.00. The second-order valence-corrected chi connectivity index (χ2v) is 6.47. The lowest BCUT2D eigenvalue weighted by Crippen LogP contribution is -2.40. The Balaban J connectivity index is 1.99. The Morgan fingerprint density at radius 2 is 2.00 bits per heavy atom. The summed E-state index contributed by atoms with van der Waals surface area (Å²) in [6.45, 7) is 5.28. The van der Waals surface area contributed by atoms with Gasteiger partial charge in [0.15, 0.2) is 0 Å². The minimum absolute atomic E-state index is 0.165. The lowest BCUT2D eigenvalue weighted by atomic mass is 9.62. The van der Waals surface area contributed by atoms with Gasteiger partial charge in [-0.15, -0.1) is 0 Å². The molecule has 1 aromatic carbocycles. The normalized spacial score (nSPS) is 28.1. The maximum Gasteiger partial charge on any atom is 0.226 e. The van der Waals surface area contributed by atoms with Crippen molar-refractivity contribution < 1.29 is 9.53 Å². The summed E-state index contributed by atoms with van der Waals surface area (Å²) in [4.78, 5) is 12.4. The third-order valence-corrected chi connectivity index (χ3v) is 5.69. The summed E-state index contributed by atoms with van der Waals surface area (Å²) in [6.07, 6.45) is 3.95. The van der Waals surface area contributed by atoms with Crippen LogP contribution in [0.3, 0.4) is 0 Å². The Kier molecular flexibility index (Phi) is 3.98. The molecule has 3 rings (SSSR count). The monoisotopic (exact) mass is 299 g/mol. The van der Waals surface area contributed by atoms with Crippen molar-refractivity contribution in [3.05, 3.63) is 35.4 Å². The third-order valence-electron chi connectivity index (χ3n) is 5.69. The summed E-state index contributed by atoms with van der Waals surface area (Å²) in [5, 5.41) is 3.05. The van der Waals surface area contributed by atoms with Gasteiger partial charge in [0.05, 0.1) is 12.5 Å². The summed E-state index contributed by atoms with van der Waals surface area (Å²) < 4.78 is 5.25. The average molecular weight is 299 g/mol. The molecule has 118 valence electrons. The number of amides is 1. The molecule has 3 nitrogen and oxygen atoms in total. The second kappa shape index (κ2) is 5.79. The van der Waals surface area contributed by atoms with Crippen molar-refractivity contribution in [3.8, 4) is 5.75 Å². The van der Waals surface area contributed by atoms with E-state index in [-0.39, 0.29) is 11.3 Å². The van der Waals surface area contributed by atoms with Crippen LogP contribution >= 0.6 is 0 Å². The van der Waals surface area contributed by atoms with Gasteiger partial charge >= 0.3 is 0 Å². The topological polar surface area (TPSA) is 38.3 Å². The van der Waals surface area contributed by atoms with Crippen molar-refractivity contribution in [3.63, 3.8) is 0 Å². The molecule has 1 spiro atoms. The fourth-order valence-electron chi connectivity index (χ4n) is 4.30. The van der Waals surface area contributed by atoms with Gasteiger partial charge in [0, 0.05) is 6.54 Å². The number of rotatable bonds is 3. The van der Waals surface area contributed by atoms with E-state index in [1.807, 2.05) is 12.1 Å². The molecule has 0 unspecified atom stereocenters. The third kappa shape index (κ3) is 2.23.